The van der Waals surface area contributed by atoms with Crippen molar-refractivity contribution in [3.8, 4) is 0 Å². The summed E-state index contributed by atoms with van der Waals surface area (Å²) >= 11 is 0. The predicted molar refractivity (Wildman–Crippen MR) is 70.6 cm³/mol. The monoisotopic (exact) mass is 290 g/mol. The first-order chi connectivity index (χ1) is 9.33. The van der Waals surface area contributed by atoms with Gasteiger partial charge in [-0.2, -0.15) is 13.2 Å². The molecule has 4 nitrogen and oxygen atoms in total. The molecule has 0 aliphatic carbocycles. The Balaban J connectivity index is 2.49. The van der Waals surface area contributed by atoms with E-state index < -0.39 is 18.6 Å². The van der Waals surface area contributed by atoms with Crippen LogP contribution in [0.5, 0.6) is 0 Å². The van der Waals surface area contributed by atoms with Gasteiger partial charge in [0.25, 0.3) is 0 Å². The van der Waals surface area contributed by atoms with Gasteiger partial charge in [0.15, 0.2) is 0 Å². The summed E-state index contributed by atoms with van der Waals surface area (Å²) in [6.45, 7) is 0.352. The van der Waals surface area contributed by atoms with Gasteiger partial charge >= 0.3 is 12.1 Å². The van der Waals surface area contributed by atoms with E-state index in [1.165, 1.54) is 19.2 Å². The number of hydrogen-bond acceptors (Lipinski definition) is 4. The average Bonchev–Trinajstić information content (AvgIpc) is 2.38. The third kappa shape index (κ3) is 5.38. The topological polar surface area (TPSA) is 64.3 Å². The number of rotatable bonds is 6. The fraction of sp³-hybridized carbons (Fsp3) is 0.462. The van der Waals surface area contributed by atoms with Crippen molar-refractivity contribution in [3.05, 3.63) is 23.8 Å². The van der Waals surface area contributed by atoms with Gasteiger partial charge in [-0.15, -0.1) is 0 Å². The molecule has 0 amide bonds. The molecule has 0 atom stereocenters. The largest absolute Gasteiger partial charge is 0.465 e. The molecule has 3 N–H and O–H groups in total. The minimum absolute atomic E-state index is 0.0487. The highest BCUT2D eigenvalue weighted by Gasteiger charge is 2.25. The van der Waals surface area contributed by atoms with Crippen LogP contribution in [0.2, 0.25) is 0 Å². The Bertz CT molecular complexity index is 461. The second-order valence-corrected chi connectivity index (χ2v) is 4.29. The number of ether oxygens (including phenoxy) is 1. The normalized spacial score (nSPS) is 11.2. The van der Waals surface area contributed by atoms with Crippen LogP contribution < -0.4 is 11.1 Å². The van der Waals surface area contributed by atoms with Crippen LogP contribution in [-0.2, 0) is 4.74 Å². The number of anilines is 2. The Hall–Kier alpha value is -1.92. The molecule has 0 aliphatic heterocycles. The second kappa shape index (κ2) is 7.02. The van der Waals surface area contributed by atoms with Crippen molar-refractivity contribution in [1.82, 2.24) is 0 Å². The maximum Gasteiger partial charge on any atom is 0.389 e. The summed E-state index contributed by atoms with van der Waals surface area (Å²) in [6, 6.07) is 4.59. The predicted octanol–water partition coefficient (Wildman–Crippen LogP) is 3.20. The third-order valence-electron chi connectivity index (χ3n) is 2.68. The average molecular weight is 290 g/mol. The van der Waals surface area contributed by atoms with Gasteiger partial charge in [-0.3, -0.25) is 0 Å². The highest BCUT2D eigenvalue weighted by molar-refractivity contribution is 5.91. The van der Waals surface area contributed by atoms with E-state index >= 15 is 0 Å². The van der Waals surface area contributed by atoms with E-state index in [0.717, 1.165) is 0 Å². The molecule has 0 unspecified atom stereocenters. The first-order valence-corrected chi connectivity index (χ1v) is 6.12. The molecule has 0 radical (unpaired) electrons. The van der Waals surface area contributed by atoms with Gasteiger partial charge in [-0.1, -0.05) is 0 Å². The van der Waals surface area contributed by atoms with Gasteiger partial charge < -0.3 is 15.8 Å². The smallest absolute Gasteiger partial charge is 0.389 e. The van der Waals surface area contributed by atoms with Crippen molar-refractivity contribution in [2.24, 2.45) is 0 Å². The van der Waals surface area contributed by atoms with Crippen LogP contribution in [0.1, 0.15) is 29.6 Å². The lowest BCUT2D eigenvalue weighted by molar-refractivity contribution is -0.135. The highest BCUT2D eigenvalue weighted by atomic mass is 19.4. The minimum Gasteiger partial charge on any atom is -0.465 e. The van der Waals surface area contributed by atoms with Gasteiger partial charge in [-0.05, 0) is 31.0 Å². The molecule has 0 saturated carbocycles. The van der Waals surface area contributed by atoms with Crippen LogP contribution in [0, 0.1) is 0 Å². The Morgan fingerprint density at radius 1 is 1.35 bits per heavy atom. The van der Waals surface area contributed by atoms with Crippen LogP contribution in [0.4, 0.5) is 24.5 Å². The maximum atomic E-state index is 12.0. The van der Waals surface area contributed by atoms with Gasteiger partial charge in [0.2, 0.25) is 0 Å². The number of unbranched alkanes of at least 4 members (excludes halogenated alkanes) is 1. The number of halogens is 3. The van der Waals surface area contributed by atoms with E-state index in [9.17, 15) is 18.0 Å². The summed E-state index contributed by atoms with van der Waals surface area (Å²) < 4.78 is 40.5. The standard InChI is InChI=1S/C13H17F3N2O2/c1-20-12(19)9-4-5-10(17)11(8-9)18-7-3-2-6-13(14,15)16/h4-5,8,18H,2-3,6-7,17H2,1H3. The minimum atomic E-state index is -4.12. The molecular weight excluding hydrogens is 273 g/mol. The molecule has 0 heterocycles. The Morgan fingerprint density at radius 2 is 2.05 bits per heavy atom. The fourth-order valence-electron chi connectivity index (χ4n) is 1.63. The molecular formula is C13H17F3N2O2. The molecule has 0 bridgehead atoms. The second-order valence-electron chi connectivity index (χ2n) is 4.29. The zero-order valence-electron chi connectivity index (χ0n) is 11.1. The zero-order chi connectivity index (χ0) is 15.2. The first-order valence-electron chi connectivity index (χ1n) is 6.12. The van der Waals surface area contributed by atoms with Crippen molar-refractivity contribution in [2.45, 2.75) is 25.4 Å². The molecule has 112 valence electrons. The lowest BCUT2D eigenvalue weighted by atomic mass is 10.1. The number of carbonyl (C=O) groups is 1. The van der Waals surface area contributed by atoms with Gasteiger partial charge in [0.1, 0.15) is 0 Å². The molecule has 0 fully saturated rings. The number of esters is 1. The van der Waals surface area contributed by atoms with Gasteiger partial charge in [0, 0.05) is 13.0 Å². The lowest BCUT2D eigenvalue weighted by Crippen LogP contribution is -2.10. The van der Waals surface area contributed by atoms with Crippen LogP contribution in [0.25, 0.3) is 0 Å². The van der Waals surface area contributed by atoms with Crippen LogP contribution in [0.3, 0.4) is 0 Å². The van der Waals surface area contributed by atoms with Gasteiger partial charge in [0.05, 0.1) is 24.0 Å². The van der Waals surface area contributed by atoms with E-state index in [0.29, 0.717) is 29.9 Å². The molecule has 7 heteroatoms. The summed E-state index contributed by atoms with van der Waals surface area (Å²) in [7, 11) is 1.27. The summed E-state index contributed by atoms with van der Waals surface area (Å²) in [5, 5.41) is 2.92. The number of nitrogen functional groups attached to an aromatic ring is 1. The maximum absolute atomic E-state index is 12.0. The number of carbonyl (C=O) groups excluding carboxylic acids is 1. The summed E-state index contributed by atoms with van der Waals surface area (Å²) in [5.41, 5.74) is 6.99. The molecule has 0 aromatic heterocycles. The van der Waals surface area contributed by atoms with E-state index in [4.69, 9.17) is 5.73 Å². The molecule has 0 aliphatic rings. The number of hydrogen-bond donors (Lipinski definition) is 2. The summed E-state index contributed by atoms with van der Waals surface area (Å²) in [6.07, 6.45) is -4.51. The van der Waals surface area contributed by atoms with Gasteiger partial charge in [-0.25, -0.2) is 4.79 Å². The molecule has 1 aromatic rings. The number of nitrogens with one attached hydrogen (secondary N) is 1. The Labute approximate surface area is 115 Å². The van der Waals surface area contributed by atoms with Crippen molar-refractivity contribution < 1.29 is 22.7 Å². The van der Waals surface area contributed by atoms with E-state index in [1.807, 2.05) is 0 Å². The fourth-order valence-corrected chi connectivity index (χ4v) is 1.63. The Morgan fingerprint density at radius 3 is 2.65 bits per heavy atom. The lowest BCUT2D eigenvalue weighted by Gasteiger charge is -2.11. The van der Waals surface area contributed by atoms with E-state index in [2.05, 4.69) is 10.1 Å². The quantitative estimate of drug-likeness (QED) is 0.480. The molecule has 0 spiro atoms. The number of benzene rings is 1. The van der Waals surface area contributed by atoms with Crippen molar-refractivity contribution >= 4 is 17.3 Å². The van der Waals surface area contributed by atoms with Crippen LogP contribution in [0.15, 0.2) is 18.2 Å². The molecule has 1 rings (SSSR count). The highest BCUT2D eigenvalue weighted by Crippen LogP contribution is 2.23. The first kappa shape index (κ1) is 16.1. The van der Waals surface area contributed by atoms with E-state index in [1.54, 1.807) is 6.07 Å². The SMILES string of the molecule is COC(=O)c1ccc(N)c(NCCCCC(F)(F)F)c1. The number of methoxy groups -OCH3 is 1. The number of alkyl halides is 3. The summed E-state index contributed by atoms with van der Waals surface area (Å²) in [5.74, 6) is -0.495. The van der Waals surface area contributed by atoms with E-state index in [-0.39, 0.29) is 6.42 Å². The molecule has 1 aromatic carbocycles. The third-order valence-corrected chi connectivity index (χ3v) is 2.68. The van der Waals surface area contributed by atoms with Crippen molar-refractivity contribution in [2.75, 3.05) is 24.7 Å². The summed E-state index contributed by atoms with van der Waals surface area (Å²) in [4.78, 5) is 11.3. The Kier molecular flexibility index (Phi) is 5.66. The van der Waals surface area contributed by atoms with Crippen LogP contribution in [-0.4, -0.2) is 25.8 Å². The zero-order valence-corrected chi connectivity index (χ0v) is 11.1. The van der Waals surface area contributed by atoms with Crippen molar-refractivity contribution in [1.29, 1.82) is 0 Å². The molecule has 20 heavy (non-hydrogen) atoms. The van der Waals surface area contributed by atoms with Crippen molar-refractivity contribution in [3.63, 3.8) is 0 Å². The number of nitrogens with two attached hydrogens (primary N) is 1. The molecule has 0 saturated heterocycles. The van der Waals surface area contributed by atoms with Crippen LogP contribution >= 0.6 is 0 Å².